The molecule has 0 saturated heterocycles. The second kappa shape index (κ2) is 7.81. The van der Waals surface area contributed by atoms with Gasteiger partial charge in [-0.2, -0.15) is 4.39 Å². The first-order chi connectivity index (χ1) is 15.0. The van der Waals surface area contributed by atoms with Crippen LogP contribution in [0.2, 0.25) is 5.02 Å². The number of nitrogens with zero attached hydrogens (tertiary/aromatic N) is 4. The summed E-state index contributed by atoms with van der Waals surface area (Å²) in [5.74, 6) is -1.30. The molecule has 3 heterocycles. The number of fused-ring (bicyclic) bond motifs is 3. The van der Waals surface area contributed by atoms with Crippen molar-refractivity contribution in [2.45, 2.75) is 38.1 Å². The molecule has 1 aliphatic rings. The van der Waals surface area contributed by atoms with E-state index in [0.29, 0.717) is 35.4 Å². The van der Waals surface area contributed by atoms with E-state index < -0.39 is 5.97 Å². The van der Waals surface area contributed by atoms with Crippen LogP contribution in [0.15, 0.2) is 48.7 Å². The molecule has 1 aromatic carbocycles. The molecule has 31 heavy (non-hydrogen) atoms. The molecule has 158 valence electrons. The third kappa shape index (κ3) is 3.59. The Balaban J connectivity index is 1.51. The van der Waals surface area contributed by atoms with Crippen LogP contribution in [-0.4, -0.2) is 30.5 Å². The fraction of sp³-hybridized carbons (Fsp3) is 0.261. The van der Waals surface area contributed by atoms with E-state index in [4.69, 9.17) is 11.6 Å². The average molecular weight is 439 g/mol. The molecule has 0 aliphatic heterocycles. The summed E-state index contributed by atoms with van der Waals surface area (Å²) in [5, 5.41) is 18.5. The first-order valence-corrected chi connectivity index (χ1v) is 10.5. The summed E-state index contributed by atoms with van der Waals surface area (Å²) in [5.41, 5.74) is 5.19. The molecule has 0 spiro atoms. The Labute approximate surface area is 182 Å². The fourth-order valence-electron chi connectivity index (χ4n) is 4.67. The lowest BCUT2D eigenvalue weighted by Gasteiger charge is -2.25. The minimum Gasteiger partial charge on any atom is -0.481 e. The summed E-state index contributed by atoms with van der Waals surface area (Å²) in [7, 11) is 0. The van der Waals surface area contributed by atoms with Crippen molar-refractivity contribution in [3.05, 3.63) is 87.7 Å². The minimum absolute atomic E-state index is 0.0210. The van der Waals surface area contributed by atoms with E-state index in [0.717, 1.165) is 28.9 Å². The van der Waals surface area contributed by atoms with Crippen LogP contribution in [0.4, 0.5) is 4.39 Å². The van der Waals surface area contributed by atoms with Crippen molar-refractivity contribution in [3.63, 3.8) is 0 Å². The number of pyridine rings is 1. The van der Waals surface area contributed by atoms with Gasteiger partial charge in [0.25, 0.3) is 0 Å². The minimum atomic E-state index is -0.914. The van der Waals surface area contributed by atoms with Gasteiger partial charge >= 0.3 is 5.97 Å². The predicted octanol–water partition coefficient (Wildman–Crippen LogP) is 4.27. The number of carboxylic acids is 1. The molecule has 1 aliphatic carbocycles. The molecular weight excluding hydrogens is 419 g/mol. The van der Waals surface area contributed by atoms with Gasteiger partial charge in [-0.3, -0.25) is 9.20 Å². The maximum atomic E-state index is 14.8. The quantitative estimate of drug-likeness (QED) is 0.472. The number of hydrogen-bond acceptors (Lipinski definition) is 3. The van der Waals surface area contributed by atoms with E-state index in [1.165, 1.54) is 6.07 Å². The highest BCUT2D eigenvalue weighted by Gasteiger charge is 2.30. The monoisotopic (exact) mass is 438 g/mol. The number of carboxylic acid groups (broad SMARTS) is 1. The van der Waals surface area contributed by atoms with Gasteiger partial charge in [0.1, 0.15) is 0 Å². The molecule has 5 rings (SSSR count). The highest BCUT2D eigenvalue weighted by molar-refractivity contribution is 6.30. The van der Waals surface area contributed by atoms with Gasteiger partial charge in [0.05, 0.1) is 29.9 Å². The standard InChI is InChI=1S/C23H20ClFN4O2/c24-15-6-4-14(5-7-15)10-17-13-26-27-29(17)16-8-9-18-19(12-23(30)31)20-2-1-3-22(25)28(20)21(18)11-16/h1-7,13,16H,8-12H2,(H,30,31). The number of halogens is 2. The Kier molecular flexibility index (Phi) is 4.98. The summed E-state index contributed by atoms with van der Waals surface area (Å²) in [6.07, 6.45) is 4.34. The van der Waals surface area contributed by atoms with Crippen molar-refractivity contribution in [2.24, 2.45) is 0 Å². The van der Waals surface area contributed by atoms with Crippen LogP contribution in [0.1, 0.15) is 40.5 Å². The van der Waals surface area contributed by atoms with Gasteiger partial charge in [0.15, 0.2) is 5.95 Å². The Bertz CT molecular complexity index is 1280. The SMILES string of the molecule is O=C(O)Cc1c2c(n3c(F)cccc13)CC(n1nncc1Cc1ccc(Cl)cc1)CC2. The Morgan fingerprint density at radius 2 is 2.03 bits per heavy atom. The molecule has 0 saturated carbocycles. The van der Waals surface area contributed by atoms with E-state index in [1.54, 1.807) is 22.7 Å². The van der Waals surface area contributed by atoms with E-state index >= 15 is 0 Å². The third-order valence-corrected chi connectivity index (χ3v) is 6.26. The lowest BCUT2D eigenvalue weighted by atomic mass is 9.90. The number of benzene rings is 1. The van der Waals surface area contributed by atoms with Crippen LogP contribution in [0.25, 0.3) is 5.52 Å². The molecule has 8 heteroatoms. The van der Waals surface area contributed by atoms with Crippen LogP contribution in [-0.2, 0) is 30.5 Å². The molecular formula is C23H20ClFN4O2. The van der Waals surface area contributed by atoms with Crippen molar-refractivity contribution in [2.75, 3.05) is 0 Å². The summed E-state index contributed by atoms with van der Waals surface area (Å²) >= 11 is 5.99. The largest absolute Gasteiger partial charge is 0.481 e. The molecule has 0 radical (unpaired) electrons. The molecule has 1 N–H and O–H groups in total. The molecule has 6 nitrogen and oxygen atoms in total. The highest BCUT2D eigenvalue weighted by atomic mass is 35.5. The molecule has 0 bridgehead atoms. The zero-order valence-electron chi connectivity index (χ0n) is 16.6. The van der Waals surface area contributed by atoms with E-state index in [9.17, 15) is 14.3 Å². The molecule has 0 amide bonds. The first-order valence-electron chi connectivity index (χ1n) is 10.2. The van der Waals surface area contributed by atoms with E-state index in [2.05, 4.69) is 10.3 Å². The maximum Gasteiger partial charge on any atom is 0.307 e. The second-order valence-electron chi connectivity index (χ2n) is 7.91. The van der Waals surface area contributed by atoms with Crippen molar-refractivity contribution in [3.8, 4) is 0 Å². The van der Waals surface area contributed by atoms with Crippen LogP contribution in [0, 0.1) is 5.95 Å². The summed E-state index contributed by atoms with van der Waals surface area (Å²) in [6.45, 7) is 0. The fourth-order valence-corrected chi connectivity index (χ4v) is 4.80. The maximum absolute atomic E-state index is 14.8. The third-order valence-electron chi connectivity index (χ3n) is 6.01. The second-order valence-corrected chi connectivity index (χ2v) is 8.35. The van der Waals surface area contributed by atoms with Crippen LogP contribution in [0.3, 0.4) is 0 Å². The number of aromatic nitrogens is 4. The average Bonchev–Trinajstić information content (AvgIpc) is 3.33. The van der Waals surface area contributed by atoms with Crippen molar-refractivity contribution in [1.29, 1.82) is 0 Å². The lowest BCUT2D eigenvalue weighted by molar-refractivity contribution is -0.136. The van der Waals surface area contributed by atoms with Crippen LogP contribution < -0.4 is 0 Å². The Hall–Kier alpha value is -3.19. The Morgan fingerprint density at radius 1 is 1.23 bits per heavy atom. The van der Waals surface area contributed by atoms with Gasteiger partial charge < -0.3 is 5.11 Å². The van der Waals surface area contributed by atoms with Crippen molar-refractivity contribution >= 4 is 23.1 Å². The van der Waals surface area contributed by atoms with Crippen LogP contribution in [0.5, 0.6) is 0 Å². The number of carbonyl (C=O) groups is 1. The van der Waals surface area contributed by atoms with E-state index in [1.807, 2.05) is 28.9 Å². The van der Waals surface area contributed by atoms with Crippen molar-refractivity contribution in [1.82, 2.24) is 19.4 Å². The first kappa shape index (κ1) is 19.8. The van der Waals surface area contributed by atoms with Gasteiger partial charge in [0, 0.05) is 23.6 Å². The zero-order chi connectivity index (χ0) is 21.5. The van der Waals surface area contributed by atoms with Crippen molar-refractivity contribution < 1.29 is 14.3 Å². The highest BCUT2D eigenvalue weighted by Crippen LogP contribution is 2.36. The topological polar surface area (TPSA) is 72.4 Å². The van der Waals surface area contributed by atoms with Gasteiger partial charge in [0.2, 0.25) is 0 Å². The zero-order valence-corrected chi connectivity index (χ0v) is 17.4. The van der Waals surface area contributed by atoms with Gasteiger partial charge in [-0.1, -0.05) is 35.0 Å². The predicted molar refractivity (Wildman–Crippen MR) is 114 cm³/mol. The van der Waals surface area contributed by atoms with Crippen LogP contribution >= 0.6 is 11.6 Å². The molecule has 1 atom stereocenters. The number of aliphatic carboxylic acids is 1. The van der Waals surface area contributed by atoms with E-state index in [-0.39, 0.29) is 18.4 Å². The molecule has 0 fully saturated rings. The molecule has 1 unspecified atom stereocenters. The van der Waals surface area contributed by atoms with Gasteiger partial charge in [-0.25, -0.2) is 4.68 Å². The molecule has 4 aromatic rings. The summed E-state index contributed by atoms with van der Waals surface area (Å²) < 4.78 is 18.3. The van der Waals surface area contributed by atoms with Gasteiger partial charge in [-0.15, -0.1) is 5.10 Å². The summed E-state index contributed by atoms with van der Waals surface area (Å²) in [6, 6.07) is 12.5. The smallest absolute Gasteiger partial charge is 0.307 e. The number of rotatable bonds is 5. The lowest BCUT2D eigenvalue weighted by Crippen LogP contribution is -2.23. The normalized spacial score (nSPS) is 15.9. The van der Waals surface area contributed by atoms with Gasteiger partial charge in [-0.05, 0) is 53.8 Å². The number of hydrogen-bond donors (Lipinski definition) is 1. The summed E-state index contributed by atoms with van der Waals surface area (Å²) in [4.78, 5) is 11.4. The molecule has 3 aromatic heterocycles. The Morgan fingerprint density at radius 3 is 2.81 bits per heavy atom.